The predicted molar refractivity (Wildman–Crippen MR) is 47.8 cm³/mol. The molecule has 1 fully saturated rings. The van der Waals surface area contributed by atoms with Crippen LogP contribution >= 0.6 is 0 Å². The minimum atomic E-state index is -0.390. The molecule has 1 aliphatic rings. The van der Waals surface area contributed by atoms with Crippen molar-refractivity contribution in [3.05, 3.63) is 35.1 Å². The molecule has 70 valence electrons. The Kier molecular flexibility index (Phi) is 1.86. The Morgan fingerprint density at radius 2 is 2.15 bits per heavy atom. The third kappa shape index (κ3) is 1.34. The molecule has 13 heavy (non-hydrogen) atoms. The molecule has 2 N–H and O–H groups in total. The molecule has 1 aromatic carbocycles. The van der Waals surface area contributed by atoms with Crippen LogP contribution in [0.25, 0.3) is 0 Å². The highest BCUT2D eigenvalue weighted by molar-refractivity contribution is 5.31. The van der Waals surface area contributed by atoms with Crippen molar-refractivity contribution in [2.45, 2.75) is 12.5 Å². The lowest BCUT2D eigenvalue weighted by molar-refractivity contribution is -0.0569. The summed E-state index contributed by atoms with van der Waals surface area (Å²) in [4.78, 5) is 0. The summed E-state index contributed by atoms with van der Waals surface area (Å²) in [6, 6.07) is 4.97. The Morgan fingerprint density at radius 3 is 2.62 bits per heavy atom. The number of halogens is 1. The summed E-state index contributed by atoms with van der Waals surface area (Å²) < 4.78 is 18.0. The maximum atomic E-state index is 12.9. The van der Waals surface area contributed by atoms with E-state index in [2.05, 4.69) is 0 Å². The van der Waals surface area contributed by atoms with Crippen LogP contribution in [-0.4, -0.2) is 13.2 Å². The van der Waals surface area contributed by atoms with Gasteiger partial charge < -0.3 is 10.5 Å². The van der Waals surface area contributed by atoms with Crippen molar-refractivity contribution in [2.24, 2.45) is 5.73 Å². The first-order valence-corrected chi connectivity index (χ1v) is 4.25. The molecule has 0 aliphatic carbocycles. The van der Waals surface area contributed by atoms with E-state index in [4.69, 9.17) is 10.5 Å². The van der Waals surface area contributed by atoms with Gasteiger partial charge in [-0.3, -0.25) is 0 Å². The summed E-state index contributed by atoms with van der Waals surface area (Å²) in [7, 11) is 0. The Morgan fingerprint density at radius 1 is 1.46 bits per heavy atom. The van der Waals surface area contributed by atoms with Gasteiger partial charge in [-0.05, 0) is 24.1 Å². The fourth-order valence-electron chi connectivity index (χ4n) is 1.44. The molecule has 0 spiro atoms. The van der Waals surface area contributed by atoms with Gasteiger partial charge in [0.05, 0.1) is 18.8 Å². The van der Waals surface area contributed by atoms with E-state index < -0.39 is 5.54 Å². The molecule has 1 saturated heterocycles. The molecule has 0 aromatic heterocycles. The third-order valence-electron chi connectivity index (χ3n) is 2.45. The first-order valence-electron chi connectivity index (χ1n) is 4.25. The lowest BCUT2D eigenvalue weighted by Crippen LogP contribution is -2.54. The van der Waals surface area contributed by atoms with Crippen LogP contribution in [0.2, 0.25) is 0 Å². The highest BCUT2D eigenvalue weighted by Crippen LogP contribution is 2.27. The number of hydrogen-bond acceptors (Lipinski definition) is 2. The zero-order valence-electron chi connectivity index (χ0n) is 7.51. The Bertz CT molecular complexity index is 334. The SMILES string of the molecule is Cc1cc(C2(N)COC2)ccc1F. The topological polar surface area (TPSA) is 35.2 Å². The molecular weight excluding hydrogens is 169 g/mol. The van der Waals surface area contributed by atoms with Crippen LogP contribution in [-0.2, 0) is 10.3 Å². The van der Waals surface area contributed by atoms with Crippen molar-refractivity contribution in [1.29, 1.82) is 0 Å². The maximum Gasteiger partial charge on any atom is 0.126 e. The van der Waals surface area contributed by atoms with Crippen LogP contribution in [0.3, 0.4) is 0 Å². The van der Waals surface area contributed by atoms with Crippen LogP contribution in [0.1, 0.15) is 11.1 Å². The molecule has 0 radical (unpaired) electrons. The largest absolute Gasteiger partial charge is 0.377 e. The van der Waals surface area contributed by atoms with E-state index in [0.717, 1.165) is 5.56 Å². The number of rotatable bonds is 1. The van der Waals surface area contributed by atoms with E-state index in [1.54, 1.807) is 19.1 Å². The monoisotopic (exact) mass is 181 g/mol. The second-order valence-electron chi connectivity index (χ2n) is 3.61. The van der Waals surface area contributed by atoms with E-state index in [1.807, 2.05) is 0 Å². The number of ether oxygens (including phenoxy) is 1. The second kappa shape index (κ2) is 2.79. The lowest BCUT2D eigenvalue weighted by atomic mass is 9.88. The van der Waals surface area contributed by atoms with E-state index in [9.17, 15) is 4.39 Å². The van der Waals surface area contributed by atoms with Crippen molar-refractivity contribution in [1.82, 2.24) is 0 Å². The molecule has 0 atom stereocenters. The van der Waals surface area contributed by atoms with E-state index >= 15 is 0 Å². The van der Waals surface area contributed by atoms with E-state index in [-0.39, 0.29) is 5.82 Å². The van der Waals surface area contributed by atoms with Gasteiger partial charge in [0.2, 0.25) is 0 Å². The molecule has 2 rings (SSSR count). The summed E-state index contributed by atoms with van der Waals surface area (Å²) >= 11 is 0. The smallest absolute Gasteiger partial charge is 0.126 e. The van der Waals surface area contributed by atoms with Crippen molar-refractivity contribution in [3.8, 4) is 0 Å². The molecule has 1 aromatic rings. The average Bonchev–Trinajstić information content (AvgIpc) is 2.06. The molecule has 1 heterocycles. The predicted octanol–water partition coefficient (Wildman–Crippen LogP) is 1.32. The standard InChI is InChI=1S/C10H12FNO/c1-7-4-8(2-3-9(7)11)10(12)5-13-6-10/h2-4H,5-6,12H2,1H3. The zero-order valence-corrected chi connectivity index (χ0v) is 7.51. The summed E-state index contributed by atoms with van der Waals surface area (Å²) in [5, 5.41) is 0. The minimum Gasteiger partial charge on any atom is -0.377 e. The second-order valence-corrected chi connectivity index (χ2v) is 3.61. The fourth-order valence-corrected chi connectivity index (χ4v) is 1.44. The summed E-state index contributed by atoms with van der Waals surface area (Å²) in [5.74, 6) is -0.187. The molecule has 0 saturated carbocycles. The number of benzene rings is 1. The average molecular weight is 181 g/mol. The molecule has 1 aliphatic heterocycles. The van der Waals surface area contributed by atoms with Crippen molar-refractivity contribution >= 4 is 0 Å². The molecule has 3 heteroatoms. The highest BCUT2D eigenvalue weighted by atomic mass is 19.1. The normalized spacial score (nSPS) is 19.6. The summed E-state index contributed by atoms with van der Waals surface area (Å²) in [5.41, 5.74) is 7.19. The van der Waals surface area contributed by atoms with Crippen LogP contribution in [0.5, 0.6) is 0 Å². The minimum absolute atomic E-state index is 0.187. The van der Waals surface area contributed by atoms with Crippen molar-refractivity contribution < 1.29 is 9.13 Å². The Labute approximate surface area is 76.5 Å². The van der Waals surface area contributed by atoms with Gasteiger partial charge in [-0.25, -0.2) is 4.39 Å². The van der Waals surface area contributed by atoms with Crippen LogP contribution in [0.4, 0.5) is 4.39 Å². The summed E-state index contributed by atoms with van der Waals surface area (Å²) in [6.07, 6.45) is 0. The molecule has 0 unspecified atom stereocenters. The number of aryl methyl sites for hydroxylation is 1. The van der Waals surface area contributed by atoms with Gasteiger partial charge in [-0.2, -0.15) is 0 Å². The highest BCUT2D eigenvalue weighted by Gasteiger charge is 2.36. The lowest BCUT2D eigenvalue weighted by Gasteiger charge is -2.38. The van der Waals surface area contributed by atoms with Gasteiger partial charge >= 0.3 is 0 Å². The van der Waals surface area contributed by atoms with E-state index in [0.29, 0.717) is 18.8 Å². The third-order valence-corrected chi connectivity index (χ3v) is 2.45. The first kappa shape index (κ1) is 8.66. The Balaban J connectivity index is 2.36. The summed E-state index contributed by atoms with van der Waals surface area (Å²) in [6.45, 7) is 2.79. The molecule has 0 amide bonds. The zero-order chi connectivity index (χ0) is 9.47. The van der Waals surface area contributed by atoms with Crippen molar-refractivity contribution in [3.63, 3.8) is 0 Å². The quantitative estimate of drug-likeness (QED) is 0.709. The van der Waals surface area contributed by atoms with Crippen LogP contribution in [0.15, 0.2) is 18.2 Å². The van der Waals surface area contributed by atoms with Gasteiger partial charge in [0, 0.05) is 0 Å². The van der Waals surface area contributed by atoms with Gasteiger partial charge in [-0.15, -0.1) is 0 Å². The Hall–Kier alpha value is -0.930. The molecule has 2 nitrogen and oxygen atoms in total. The van der Waals surface area contributed by atoms with Crippen LogP contribution < -0.4 is 5.73 Å². The molecule has 0 bridgehead atoms. The maximum absolute atomic E-state index is 12.9. The van der Waals surface area contributed by atoms with Gasteiger partial charge in [0.25, 0.3) is 0 Å². The van der Waals surface area contributed by atoms with Gasteiger partial charge in [0.1, 0.15) is 5.82 Å². The fraction of sp³-hybridized carbons (Fsp3) is 0.400. The number of hydrogen-bond donors (Lipinski definition) is 1. The van der Waals surface area contributed by atoms with Gasteiger partial charge in [0.15, 0.2) is 0 Å². The van der Waals surface area contributed by atoms with Gasteiger partial charge in [-0.1, -0.05) is 12.1 Å². The first-order chi connectivity index (χ1) is 6.12. The molecular formula is C10H12FNO. The van der Waals surface area contributed by atoms with Crippen LogP contribution in [0, 0.1) is 12.7 Å². The van der Waals surface area contributed by atoms with E-state index in [1.165, 1.54) is 6.07 Å². The van der Waals surface area contributed by atoms with Crippen molar-refractivity contribution in [2.75, 3.05) is 13.2 Å². The number of nitrogens with two attached hydrogens (primary N) is 1.